The number of halogens is 2. The monoisotopic (exact) mass is 310 g/mol. The Morgan fingerprint density at radius 2 is 2.15 bits per heavy atom. The highest BCUT2D eigenvalue weighted by molar-refractivity contribution is 6.38. The average Bonchev–Trinajstić information content (AvgIpc) is 2.79. The van der Waals surface area contributed by atoms with Gasteiger partial charge in [0.15, 0.2) is 5.82 Å². The molecular formula is C12H8Cl2N4O2. The molecule has 20 heavy (non-hydrogen) atoms. The third-order valence-electron chi connectivity index (χ3n) is 2.73. The van der Waals surface area contributed by atoms with Crippen LogP contribution < -0.4 is 5.56 Å². The molecule has 0 radical (unpaired) electrons. The van der Waals surface area contributed by atoms with Gasteiger partial charge in [-0.1, -0.05) is 28.4 Å². The van der Waals surface area contributed by atoms with Gasteiger partial charge in [0.2, 0.25) is 5.89 Å². The zero-order valence-corrected chi connectivity index (χ0v) is 11.8. The van der Waals surface area contributed by atoms with Gasteiger partial charge in [0, 0.05) is 11.9 Å². The summed E-state index contributed by atoms with van der Waals surface area (Å²) in [7, 11) is 0. The minimum absolute atomic E-state index is 0.170. The van der Waals surface area contributed by atoms with Gasteiger partial charge in [-0.25, -0.2) is 4.98 Å². The Balaban J connectivity index is 2.14. The van der Waals surface area contributed by atoms with Gasteiger partial charge in [0.05, 0.1) is 28.8 Å². The molecule has 0 spiro atoms. The first-order valence-electron chi connectivity index (χ1n) is 5.68. The van der Waals surface area contributed by atoms with Crippen molar-refractivity contribution in [2.75, 3.05) is 0 Å². The lowest BCUT2D eigenvalue weighted by Crippen LogP contribution is -2.21. The second-order valence-corrected chi connectivity index (χ2v) is 5.03. The minimum Gasteiger partial charge on any atom is -0.340 e. The van der Waals surface area contributed by atoms with E-state index in [-0.39, 0.29) is 12.1 Å². The van der Waals surface area contributed by atoms with Gasteiger partial charge in [0.25, 0.3) is 5.56 Å². The first kappa shape index (κ1) is 13.1. The maximum atomic E-state index is 12.4. The Labute approximate surface area is 123 Å². The van der Waals surface area contributed by atoms with Gasteiger partial charge in [-0.2, -0.15) is 4.98 Å². The summed E-state index contributed by atoms with van der Waals surface area (Å²) in [5, 5.41) is 4.82. The van der Waals surface area contributed by atoms with Crippen LogP contribution in [0.2, 0.25) is 10.0 Å². The smallest absolute Gasteiger partial charge is 0.261 e. The second kappa shape index (κ2) is 4.88. The molecule has 0 saturated carbocycles. The zero-order valence-electron chi connectivity index (χ0n) is 10.3. The van der Waals surface area contributed by atoms with E-state index in [1.54, 1.807) is 13.0 Å². The van der Waals surface area contributed by atoms with E-state index in [4.69, 9.17) is 27.7 Å². The quantitative estimate of drug-likeness (QED) is 0.727. The van der Waals surface area contributed by atoms with Gasteiger partial charge in [-0.05, 0) is 12.1 Å². The first-order valence-corrected chi connectivity index (χ1v) is 6.43. The molecule has 0 atom stereocenters. The molecule has 0 fully saturated rings. The number of rotatable bonds is 2. The van der Waals surface area contributed by atoms with Gasteiger partial charge in [0.1, 0.15) is 0 Å². The topological polar surface area (TPSA) is 73.8 Å². The molecule has 0 bridgehead atoms. The van der Waals surface area contributed by atoms with Crippen molar-refractivity contribution in [1.82, 2.24) is 19.7 Å². The molecule has 102 valence electrons. The van der Waals surface area contributed by atoms with Crippen molar-refractivity contribution in [3.8, 4) is 0 Å². The molecule has 0 aliphatic carbocycles. The van der Waals surface area contributed by atoms with Crippen LogP contribution in [0.1, 0.15) is 11.7 Å². The number of benzene rings is 1. The van der Waals surface area contributed by atoms with Crippen LogP contribution in [0, 0.1) is 6.92 Å². The highest BCUT2D eigenvalue weighted by Crippen LogP contribution is 2.23. The van der Waals surface area contributed by atoms with Gasteiger partial charge < -0.3 is 4.52 Å². The number of aryl methyl sites for hydroxylation is 1. The fourth-order valence-electron chi connectivity index (χ4n) is 1.87. The third kappa shape index (κ3) is 2.28. The summed E-state index contributed by atoms with van der Waals surface area (Å²) < 4.78 is 6.24. The number of fused-ring (bicyclic) bond motifs is 1. The summed E-state index contributed by atoms with van der Waals surface area (Å²) in [6, 6.07) is 3.08. The summed E-state index contributed by atoms with van der Waals surface area (Å²) in [5.41, 5.74) is 0.156. The largest absolute Gasteiger partial charge is 0.340 e. The second-order valence-electron chi connectivity index (χ2n) is 4.19. The Morgan fingerprint density at radius 1 is 1.35 bits per heavy atom. The first-order chi connectivity index (χ1) is 9.54. The SMILES string of the molecule is Cc1nc(Cn2cnc3c(Cl)cc(Cl)cc3c2=O)no1. The Bertz CT molecular complexity index is 856. The molecule has 1 aromatic carbocycles. The minimum atomic E-state index is -0.262. The van der Waals surface area contributed by atoms with E-state index in [9.17, 15) is 4.79 Å². The van der Waals surface area contributed by atoms with Crippen LogP contribution in [0.15, 0.2) is 27.8 Å². The van der Waals surface area contributed by atoms with Crippen molar-refractivity contribution in [1.29, 1.82) is 0 Å². The molecule has 0 aliphatic heterocycles. The molecule has 0 N–H and O–H groups in total. The Kier molecular flexibility index (Phi) is 3.19. The molecule has 0 aliphatic rings. The van der Waals surface area contributed by atoms with E-state index in [2.05, 4.69) is 15.1 Å². The molecule has 0 amide bonds. The van der Waals surface area contributed by atoms with Crippen LogP contribution in [0.4, 0.5) is 0 Å². The Hall–Kier alpha value is -1.92. The molecule has 2 aromatic heterocycles. The number of hydrogen-bond donors (Lipinski definition) is 0. The molecule has 3 aromatic rings. The maximum absolute atomic E-state index is 12.4. The average molecular weight is 311 g/mol. The predicted molar refractivity (Wildman–Crippen MR) is 74.2 cm³/mol. The normalized spacial score (nSPS) is 11.2. The van der Waals surface area contributed by atoms with Crippen molar-refractivity contribution in [3.63, 3.8) is 0 Å². The van der Waals surface area contributed by atoms with Crippen molar-refractivity contribution in [2.24, 2.45) is 0 Å². The van der Waals surface area contributed by atoms with Crippen LogP contribution >= 0.6 is 23.2 Å². The van der Waals surface area contributed by atoms with Crippen LogP contribution in [0.3, 0.4) is 0 Å². The molecule has 0 unspecified atom stereocenters. The fraction of sp³-hybridized carbons (Fsp3) is 0.167. The van der Waals surface area contributed by atoms with Crippen molar-refractivity contribution < 1.29 is 4.52 Å². The van der Waals surface area contributed by atoms with Crippen LogP contribution in [-0.2, 0) is 6.54 Å². The highest BCUT2D eigenvalue weighted by atomic mass is 35.5. The highest BCUT2D eigenvalue weighted by Gasteiger charge is 2.11. The standard InChI is InChI=1S/C12H8Cl2N4O2/c1-6-16-10(17-20-6)4-18-5-15-11-8(12(18)19)2-7(13)3-9(11)14/h2-3,5H,4H2,1H3. The van der Waals surface area contributed by atoms with Gasteiger partial charge >= 0.3 is 0 Å². The van der Waals surface area contributed by atoms with Gasteiger partial charge in [-0.15, -0.1) is 0 Å². The molecule has 8 heteroatoms. The lowest BCUT2D eigenvalue weighted by Gasteiger charge is -2.05. The zero-order chi connectivity index (χ0) is 14.3. The van der Waals surface area contributed by atoms with Gasteiger partial charge in [-0.3, -0.25) is 9.36 Å². The Morgan fingerprint density at radius 3 is 2.85 bits per heavy atom. The van der Waals surface area contributed by atoms with Crippen LogP contribution in [-0.4, -0.2) is 19.7 Å². The fourth-order valence-corrected chi connectivity index (χ4v) is 2.41. The van der Waals surface area contributed by atoms with Crippen molar-refractivity contribution in [3.05, 3.63) is 50.6 Å². The van der Waals surface area contributed by atoms with E-state index >= 15 is 0 Å². The van der Waals surface area contributed by atoms with E-state index in [1.807, 2.05) is 0 Å². The van der Waals surface area contributed by atoms with E-state index in [0.717, 1.165) is 0 Å². The molecule has 0 saturated heterocycles. The van der Waals surface area contributed by atoms with E-state index in [0.29, 0.717) is 32.7 Å². The molecule has 3 rings (SSSR count). The number of aromatic nitrogens is 4. The third-order valence-corrected chi connectivity index (χ3v) is 3.23. The lowest BCUT2D eigenvalue weighted by atomic mass is 10.2. The maximum Gasteiger partial charge on any atom is 0.261 e. The number of hydrogen-bond acceptors (Lipinski definition) is 5. The number of nitrogens with zero attached hydrogens (tertiary/aromatic N) is 4. The van der Waals surface area contributed by atoms with Crippen molar-refractivity contribution in [2.45, 2.75) is 13.5 Å². The molecule has 2 heterocycles. The summed E-state index contributed by atoms with van der Waals surface area (Å²) in [6.07, 6.45) is 1.40. The molecular weight excluding hydrogens is 303 g/mol. The summed E-state index contributed by atoms with van der Waals surface area (Å²) >= 11 is 11.9. The summed E-state index contributed by atoms with van der Waals surface area (Å²) in [4.78, 5) is 20.6. The summed E-state index contributed by atoms with van der Waals surface area (Å²) in [5.74, 6) is 0.840. The van der Waals surface area contributed by atoms with Crippen molar-refractivity contribution >= 4 is 34.1 Å². The van der Waals surface area contributed by atoms with E-state index in [1.165, 1.54) is 17.0 Å². The van der Waals surface area contributed by atoms with E-state index < -0.39 is 0 Å². The molecule has 6 nitrogen and oxygen atoms in total. The van der Waals surface area contributed by atoms with Crippen LogP contribution in [0.25, 0.3) is 10.9 Å². The summed E-state index contributed by atoms with van der Waals surface area (Å²) in [6.45, 7) is 1.85. The lowest BCUT2D eigenvalue weighted by molar-refractivity contribution is 0.386. The van der Waals surface area contributed by atoms with Crippen LogP contribution in [0.5, 0.6) is 0 Å². The predicted octanol–water partition coefficient (Wildman–Crippen LogP) is 2.44.